The Morgan fingerprint density at radius 2 is 1.95 bits per heavy atom. The number of carbonyl (C=O) groups excluding carboxylic acids is 1. The smallest absolute Gasteiger partial charge is 0.340 e. The van der Waals surface area contributed by atoms with Crippen LogP contribution in [0.3, 0.4) is 0 Å². The lowest BCUT2D eigenvalue weighted by Crippen LogP contribution is -2.59. The summed E-state index contributed by atoms with van der Waals surface area (Å²) in [5, 5.41) is 0.780. The maximum absolute atomic E-state index is 15.3. The number of amidine groups is 1. The van der Waals surface area contributed by atoms with Crippen LogP contribution < -0.4 is 20.5 Å². The van der Waals surface area contributed by atoms with E-state index < -0.39 is 63.7 Å². The number of anilines is 1. The number of carbonyl (C=O) groups is 1. The molecule has 3 atom stereocenters. The number of hydrogen-bond acceptors (Lipinski definition) is 10. The molecule has 11 nitrogen and oxygen atoms in total. The SMILES string of the molecule is COC1(OC)C(N)=N[C@@](OC)(c2cc(NC(=O)c3cnc(OCC(F)(F)C(F)F)cn3)ccc2F)C2CCN[SH]21. The third kappa shape index (κ3) is 5.18. The van der Waals surface area contributed by atoms with Crippen molar-refractivity contribution in [2.24, 2.45) is 10.7 Å². The molecule has 1 fully saturated rings. The summed E-state index contributed by atoms with van der Waals surface area (Å²) in [5.41, 5.74) is 4.63. The van der Waals surface area contributed by atoms with Gasteiger partial charge < -0.3 is 30.0 Å². The number of fused-ring (bicyclic) bond motifs is 1. The molecule has 0 saturated carbocycles. The summed E-state index contributed by atoms with van der Waals surface area (Å²) in [6, 6.07) is 3.78. The van der Waals surface area contributed by atoms with Gasteiger partial charge in [0.05, 0.1) is 17.6 Å². The molecule has 1 amide bonds. The molecule has 1 aromatic heterocycles. The number of thiol groups is 1. The van der Waals surface area contributed by atoms with Gasteiger partial charge in [0.15, 0.2) is 12.4 Å². The fourth-order valence-corrected chi connectivity index (χ4v) is 7.46. The number of aliphatic imine (C=N–C) groups is 1. The highest BCUT2D eigenvalue weighted by Gasteiger charge is 2.60. The van der Waals surface area contributed by atoms with E-state index >= 15 is 4.39 Å². The molecule has 17 heteroatoms. The Labute approximate surface area is 228 Å². The van der Waals surface area contributed by atoms with Gasteiger partial charge in [0.2, 0.25) is 11.6 Å². The normalized spacial score (nSPS) is 24.9. The van der Waals surface area contributed by atoms with Gasteiger partial charge in [0.25, 0.3) is 11.0 Å². The molecule has 1 aromatic carbocycles. The average molecular weight is 595 g/mol. The predicted molar refractivity (Wildman–Crippen MR) is 135 cm³/mol. The first kappa shape index (κ1) is 29.9. The van der Waals surface area contributed by atoms with E-state index in [1.807, 2.05) is 0 Å². The van der Waals surface area contributed by atoms with Crippen molar-refractivity contribution in [1.82, 2.24) is 14.7 Å². The molecule has 0 radical (unpaired) electrons. The quantitative estimate of drug-likeness (QED) is 0.186. The molecule has 3 heterocycles. The van der Waals surface area contributed by atoms with Crippen LogP contribution in [0.15, 0.2) is 35.6 Å². The Morgan fingerprint density at radius 3 is 2.55 bits per heavy atom. The van der Waals surface area contributed by atoms with Crippen molar-refractivity contribution in [3.05, 3.63) is 47.7 Å². The Morgan fingerprint density at radius 1 is 1.23 bits per heavy atom. The van der Waals surface area contributed by atoms with Crippen molar-refractivity contribution >= 4 is 28.5 Å². The number of hydrogen-bond donors (Lipinski definition) is 4. The molecular formula is C23H27F5N6O5S. The minimum atomic E-state index is -4.38. The van der Waals surface area contributed by atoms with Crippen molar-refractivity contribution in [3.63, 3.8) is 0 Å². The fraction of sp³-hybridized carbons (Fsp3) is 0.478. The standard InChI is InChI=1S/C23H27F5N6O5S/c1-36-22(16-6-7-32-40(16)23(37-2,38-3)20(29)34-22)13-8-12(4-5-14(13)24)33-18(35)15-9-31-17(10-30-15)39-11-21(27,28)19(25)26/h4-5,8-10,16,19,32,40H,6-7,11H2,1-3H3,(H2,29,34)(H,33,35)/t16?,22-/m1/s1. The van der Waals surface area contributed by atoms with Crippen molar-refractivity contribution < 1.29 is 45.7 Å². The van der Waals surface area contributed by atoms with Crippen LogP contribution in [-0.2, 0) is 19.9 Å². The van der Waals surface area contributed by atoms with Gasteiger partial charge in [-0.25, -0.2) is 28.1 Å². The number of benzene rings is 1. The van der Waals surface area contributed by atoms with Crippen LogP contribution in [0.2, 0.25) is 0 Å². The van der Waals surface area contributed by atoms with Gasteiger partial charge in [-0.2, -0.15) is 8.78 Å². The summed E-state index contributed by atoms with van der Waals surface area (Å²) < 4.78 is 90.9. The highest BCUT2D eigenvalue weighted by atomic mass is 32.2. The average Bonchev–Trinajstić information content (AvgIpc) is 3.44. The lowest BCUT2D eigenvalue weighted by Gasteiger charge is -2.50. The van der Waals surface area contributed by atoms with Crippen molar-refractivity contribution in [3.8, 4) is 5.88 Å². The number of nitrogens with one attached hydrogen (secondary N) is 2. The van der Waals surface area contributed by atoms with Gasteiger partial charge in [-0.1, -0.05) is 0 Å². The number of halogens is 5. The van der Waals surface area contributed by atoms with Gasteiger partial charge in [0.1, 0.15) is 11.5 Å². The summed E-state index contributed by atoms with van der Waals surface area (Å²) >= 11 is -1.36. The van der Waals surface area contributed by atoms with Gasteiger partial charge in [-0.05, 0) is 24.6 Å². The molecule has 2 unspecified atom stereocenters. The lowest BCUT2D eigenvalue weighted by molar-refractivity contribution is -0.148. The minimum Gasteiger partial charge on any atom is -0.470 e. The molecule has 220 valence electrons. The zero-order valence-corrected chi connectivity index (χ0v) is 22.4. The molecule has 1 saturated heterocycles. The zero-order valence-electron chi connectivity index (χ0n) is 21.5. The number of rotatable bonds is 10. The molecule has 2 aromatic rings. The number of methoxy groups -OCH3 is 3. The monoisotopic (exact) mass is 594 g/mol. The number of amides is 1. The van der Waals surface area contributed by atoms with Crippen LogP contribution in [0, 0.1) is 5.82 Å². The van der Waals surface area contributed by atoms with Gasteiger partial charge in [0, 0.05) is 39.1 Å². The Kier molecular flexibility index (Phi) is 8.51. The van der Waals surface area contributed by atoms with Crippen LogP contribution in [-0.4, -0.2) is 78.9 Å². The van der Waals surface area contributed by atoms with E-state index in [0.29, 0.717) is 13.0 Å². The zero-order chi connectivity index (χ0) is 29.3. The number of nitrogens with zero attached hydrogens (tertiary/aromatic N) is 3. The molecule has 4 N–H and O–H groups in total. The third-order valence-electron chi connectivity index (χ3n) is 6.46. The van der Waals surface area contributed by atoms with E-state index in [-0.39, 0.29) is 22.8 Å². The highest BCUT2D eigenvalue weighted by molar-refractivity contribution is 8.17. The second-order valence-corrected chi connectivity index (χ2v) is 11.0. The summed E-state index contributed by atoms with van der Waals surface area (Å²) in [5.74, 6) is -6.36. The number of alkyl halides is 4. The largest absolute Gasteiger partial charge is 0.470 e. The van der Waals surface area contributed by atoms with Crippen molar-refractivity contribution in [2.75, 3.05) is 39.8 Å². The van der Waals surface area contributed by atoms with Gasteiger partial charge >= 0.3 is 12.3 Å². The molecule has 40 heavy (non-hydrogen) atoms. The lowest BCUT2D eigenvalue weighted by atomic mass is 9.95. The Balaban J connectivity index is 1.58. The van der Waals surface area contributed by atoms with E-state index in [1.165, 1.54) is 33.5 Å². The van der Waals surface area contributed by atoms with Crippen LogP contribution in [0.4, 0.5) is 27.6 Å². The number of aromatic nitrogens is 2. The maximum atomic E-state index is 15.3. The number of nitrogens with two attached hydrogens (primary N) is 1. The van der Waals surface area contributed by atoms with Crippen molar-refractivity contribution in [1.29, 1.82) is 0 Å². The van der Waals surface area contributed by atoms with Crippen LogP contribution in [0.1, 0.15) is 22.5 Å². The van der Waals surface area contributed by atoms with Crippen LogP contribution in [0.25, 0.3) is 0 Å². The van der Waals surface area contributed by atoms with E-state index in [2.05, 4.69) is 29.7 Å². The molecule has 0 aliphatic carbocycles. The maximum Gasteiger partial charge on any atom is 0.340 e. The first-order chi connectivity index (χ1) is 18.9. The molecule has 2 aliphatic rings. The minimum absolute atomic E-state index is 0.00699. The Bertz CT molecular complexity index is 1270. The van der Waals surface area contributed by atoms with E-state index in [9.17, 15) is 22.4 Å². The van der Waals surface area contributed by atoms with E-state index in [4.69, 9.17) is 19.9 Å². The highest BCUT2D eigenvalue weighted by Crippen LogP contribution is 2.59. The summed E-state index contributed by atoms with van der Waals surface area (Å²) in [6.45, 7) is -1.07. The summed E-state index contributed by atoms with van der Waals surface area (Å²) in [6.07, 6.45) is -1.64. The summed E-state index contributed by atoms with van der Waals surface area (Å²) in [7, 11) is 4.24. The number of ether oxygens (including phenoxy) is 4. The molecule has 0 spiro atoms. The van der Waals surface area contributed by atoms with E-state index in [1.54, 1.807) is 0 Å². The molecule has 4 rings (SSSR count). The third-order valence-corrected chi connectivity index (χ3v) is 9.48. The second-order valence-electron chi connectivity index (χ2n) is 8.71. The second kappa shape index (κ2) is 11.4. The summed E-state index contributed by atoms with van der Waals surface area (Å²) in [4.78, 5) is 24.7. The molecule has 0 bridgehead atoms. The van der Waals surface area contributed by atoms with Crippen molar-refractivity contribution in [2.45, 2.75) is 34.9 Å². The molecular weight excluding hydrogens is 567 g/mol. The fourth-order valence-electron chi connectivity index (χ4n) is 4.52. The van der Waals surface area contributed by atoms with Gasteiger partial charge in [-0.15, -0.1) is 11.1 Å². The Hall–Kier alpha value is -3.12. The molecule has 2 aliphatic heterocycles. The van der Waals surface area contributed by atoms with Gasteiger partial charge in [-0.3, -0.25) is 9.52 Å². The van der Waals surface area contributed by atoms with Crippen LogP contribution >= 0.6 is 11.1 Å². The first-order valence-corrected chi connectivity index (χ1v) is 13.1. The predicted octanol–water partition coefficient (Wildman–Crippen LogP) is 2.54. The topological polar surface area (TPSA) is 142 Å². The van der Waals surface area contributed by atoms with Crippen LogP contribution in [0.5, 0.6) is 5.88 Å². The first-order valence-electron chi connectivity index (χ1n) is 11.7. The van der Waals surface area contributed by atoms with E-state index in [0.717, 1.165) is 18.5 Å².